The highest BCUT2D eigenvalue weighted by Gasteiger charge is 2.13. The van der Waals surface area contributed by atoms with Crippen LogP contribution in [0.4, 0.5) is 5.69 Å². The highest BCUT2D eigenvalue weighted by molar-refractivity contribution is 7.99. The maximum absolute atomic E-state index is 11.2. The lowest BCUT2D eigenvalue weighted by Gasteiger charge is -2.19. The van der Waals surface area contributed by atoms with Gasteiger partial charge >= 0.3 is 0 Å². The summed E-state index contributed by atoms with van der Waals surface area (Å²) in [7, 11) is 0. The SMILES string of the molecule is CC(C)(C)c1ccc(Sc2cc(C(N)=O)ccc2N)cc1. The van der Waals surface area contributed by atoms with Crippen LogP contribution >= 0.6 is 11.8 Å². The molecule has 2 aromatic rings. The van der Waals surface area contributed by atoms with Gasteiger partial charge < -0.3 is 11.5 Å². The molecule has 0 aliphatic carbocycles. The largest absolute Gasteiger partial charge is 0.398 e. The van der Waals surface area contributed by atoms with Crippen molar-refractivity contribution in [2.24, 2.45) is 5.73 Å². The number of primary amides is 1. The Morgan fingerprint density at radius 1 is 1.05 bits per heavy atom. The van der Waals surface area contributed by atoms with E-state index in [-0.39, 0.29) is 5.41 Å². The Kier molecular flexibility index (Phi) is 4.28. The van der Waals surface area contributed by atoms with Crippen LogP contribution in [0.1, 0.15) is 36.7 Å². The second kappa shape index (κ2) is 5.82. The first-order valence-electron chi connectivity index (χ1n) is 6.75. The minimum atomic E-state index is -0.445. The lowest BCUT2D eigenvalue weighted by molar-refractivity contribution is 0.1000. The smallest absolute Gasteiger partial charge is 0.248 e. The minimum Gasteiger partial charge on any atom is -0.398 e. The number of hydrogen-bond acceptors (Lipinski definition) is 3. The number of amides is 1. The summed E-state index contributed by atoms with van der Waals surface area (Å²) in [5.74, 6) is -0.445. The molecule has 0 saturated heterocycles. The Morgan fingerprint density at radius 3 is 2.19 bits per heavy atom. The molecule has 2 rings (SSSR count). The van der Waals surface area contributed by atoms with E-state index in [1.807, 2.05) is 0 Å². The summed E-state index contributed by atoms with van der Waals surface area (Å²) in [5, 5.41) is 0. The molecule has 0 fully saturated rings. The van der Waals surface area contributed by atoms with Gasteiger partial charge in [0.15, 0.2) is 0 Å². The van der Waals surface area contributed by atoms with E-state index in [9.17, 15) is 4.79 Å². The molecule has 0 spiro atoms. The first-order chi connectivity index (χ1) is 9.77. The zero-order chi connectivity index (χ0) is 15.6. The molecule has 4 heteroatoms. The molecular formula is C17H20N2OS. The Labute approximate surface area is 129 Å². The van der Waals surface area contributed by atoms with Crippen LogP contribution in [-0.4, -0.2) is 5.91 Å². The fourth-order valence-corrected chi connectivity index (χ4v) is 2.82. The Bertz CT molecular complexity index is 657. The van der Waals surface area contributed by atoms with Gasteiger partial charge in [0.05, 0.1) is 0 Å². The van der Waals surface area contributed by atoms with E-state index >= 15 is 0 Å². The average Bonchev–Trinajstić information content (AvgIpc) is 2.40. The second-order valence-corrected chi connectivity index (χ2v) is 7.11. The predicted octanol–water partition coefficient (Wildman–Crippen LogP) is 3.82. The monoisotopic (exact) mass is 300 g/mol. The lowest BCUT2D eigenvalue weighted by Crippen LogP contribution is -2.11. The molecule has 0 atom stereocenters. The number of anilines is 1. The van der Waals surface area contributed by atoms with Gasteiger partial charge in [-0.3, -0.25) is 4.79 Å². The molecule has 1 amide bonds. The number of rotatable bonds is 3. The van der Waals surface area contributed by atoms with Crippen molar-refractivity contribution in [3.63, 3.8) is 0 Å². The zero-order valence-electron chi connectivity index (χ0n) is 12.5. The molecular weight excluding hydrogens is 280 g/mol. The van der Waals surface area contributed by atoms with Crippen LogP contribution in [0.2, 0.25) is 0 Å². The normalized spacial score (nSPS) is 11.4. The highest BCUT2D eigenvalue weighted by atomic mass is 32.2. The first kappa shape index (κ1) is 15.4. The number of nitrogens with two attached hydrogens (primary N) is 2. The van der Waals surface area contributed by atoms with E-state index < -0.39 is 5.91 Å². The van der Waals surface area contributed by atoms with E-state index in [0.717, 1.165) is 9.79 Å². The van der Waals surface area contributed by atoms with Crippen LogP contribution in [0.5, 0.6) is 0 Å². The number of carbonyl (C=O) groups is 1. The molecule has 0 aromatic heterocycles. The summed E-state index contributed by atoms with van der Waals surface area (Å²) in [6, 6.07) is 13.5. The van der Waals surface area contributed by atoms with Crippen molar-refractivity contribution < 1.29 is 4.79 Å². The van der Waals surface area contributed by atoms with Crippen LogP contribution < -0.4 is 11.5 Å². The quantitative estimate of drug-likeness (QED) is 0.847. The van der Waals surface area contributed by atoms with E-state index in [2.05, 4.69) is 45.0 Å². The fourth-order valence-electron chi connectivity index (χ4n) is 1.93. The molecule has 0 aliphatic heterocycles. The van der Waals surface area contributed by atoms with E-state index in [0.29, 0.717) is 11.3 Å². The maximum atomic E-state index is 11.2. The molecule has 0 radical (unpaired) electrons. The fraction of sp³-hybridized carbons (Fsp3) is 0.235. The number of hydrogen-bond donors (Lipinski definition) is 2. The molecule has 2 aromatic carbocycles. The van der Waals surface area contributed by atoms with Crippen molar-refractivity contribution in [1.82, 2.24) is 0 Å². The molecule has 21 heavy (non-hydrogen) atoms. The van der Waals surface area contributed by atoms with Crippen molar-refractivity contribution in [1.29, 1.82) is 0 Å². The second-order valence-electron chi connectivity index (χ2n) is 5.99. The van der Waals surface area contributed by atoms with Crippen molar-refractivity contribution in [3.05, 3.63) is 53.6 Å². The molecule has 0 unspecified atom stereocenters. The van der Waals surface area contributed by atoms with Crippen molar-refractivity contribution in [2.75, 3.05) is 5.73 Å². The third-order valence-electron chi connectivity index (χ3n) is 3.25. The van der Waals surface area contributed by atoms with Crippen LogP contribution in [0.15, 0.2) is 52.3 Å². The van der Waals surface area contributed by atoms with Gasteiger partial charge in [0.25, 0.3) is 0 Å². The molecule has 110 valence electrons. The third-order valence-corrected chi connectivity index (χ3v) is 4.33. The zero-order valence-corrected chi connectivity index (χ0v) is 13.3. The van der Waals surface area contributed by atoms with E-state index in [4.69, 9.17) is 11.5 Å². The summed E-state index contributed by atoms with van der Waals surface area (Å²) >= 11 is 1.53. The van der Waals surface area contributed by atoms with Crippen molar-refractivity contribution in [3.8, 4) is 0 Å². The van der Waals surface area contributed by atoms with Crippen LogP contribution in [0.3, 0.4) is 0 Å². The van der Waals surface area contributed by atoms with Gasteiger partial charge in [-0.15, -0.1) is 0 Å². The molecule has 3 nitrogen and oxygen atoms in total. The molecule has 0 heterocycles. The van der Waals surface area contributed by atoms with Gasteiger partial charge in [0.2, 0.25) is 5.91 Å². The van der Waals surface area contributed by atoms with E-state index in [1.54, 1.807) is 18.2 Å². The van der Waals surface area contributed by atoms with E-state index in [1.165, 1.54) is 17.3 Å². The van der Waals surface area contributed by atoms with Gasteiger partial charge in [-0.25, -0.2) is 0 Å². The number of benzene rings is 2. The van der Waals surface area contributed by atoms with Crippen LogP contribution in [0.25, 0.3) is 0 Å². The maximum Gasteiger partial charge on any atom is 0.248 e. The summed E-state index contributed by atoms with van der Waals surface area (Å²) in [6.45, 7) is 6.55. The third kappa shape index (κ3) is 3.79. The number of carbonyl (C=O) groups excluding carboxylic acids is 1. The Balaban J connectivity index is 2.26. The average molecular weight is 300 g/mol. The Morgan fingerprint density at radius 2 is 1.67 bits per heavy atom. The molecule has 0 bridgehead atoms. The summed E-state index contributed by atoms with van der Waals surface area (Å²) in [6.07, 6.45) is 0. The predicted molar refractivity (Wildman–Crippen MR) is 88.6 cm³/mol. The van der Waals surface area contributed by atoms with Gasteiger partial charge in [0.1, 0.15) is 0 Å². The molecule has 0 aliphatic rings. The van der Waals surface area contributed by atoms with Gasteiger partial charge in [0, 0.05) is 21.0 Å². The molecule has 4 N–H and O–H groups in total. The topological polar surface area (TPSA) is 69.1 Å². The molecule has 0 saturated carbocycles. The van der Waals surface area contributed by atoms with Gasteiger partial charge in [-0.2, -0.15) is 0 Å². The van der Waals surface area contributed by atoms with Gasteiger partial charge in [-0.1, -0.05) is 44.7 Å². The summed E-state index contributed by atoms with van der Waals surface area (Å²) in [5.41, 5.74) is 13.8. The number of nitrogen functional groups attached to an aromatic ring is 1. The highest BCUT2D eigenvalue weighted by Crippen LogP contribution is 2.34. The van der Waals surface area contributed by atoms with Gasteiger partial charge in [-0.05, 0) is 41.3 Å². The van der Waals surface area contributed by atoms with Crippen molar-refractivity contribution in [2.45, 2.75) is 36.0 Å². The summed E-state index contributed by atoms with van der Waals surface area (Å²) in [4.78, 5) is 13.2. The standard InChI is InChI=1S/C17H20N2OS/c1-17(2,3)12-5-7-13(8-6-12)21-15-10-11(16(19)20)4-9-14(15)18/h4-10H,18H2,1-3H3,(H2,19,20). The summed E-state index contributed by atoms with van der Waals surface area (Å²) < 4.78 is 0. The lowest BCUT2D eigenvalue weighted by atomic mass is 9.87. The van der Waals surface area contributed by atoms with Crippen molar-refractivity contribution >= 4 is 23.4 Å². The minimum absolute atomic E-state index is 0.133. The Hall–Kier alpha value is -1.94. The first-order valence-corrected chi connectivity index (χ1v) is 7.57. The van der Waals surface area contributed by atoms with Crippen LogP contribution in [0, 0.1) is 0 Å². The van der Waals surface area contributed by atoms with Crippen LogP contribution in [-0.2, 0) is 5.41 Å².